The van der Waals surface area contributed by atoms with Crippen LogP contribution in [0.25, 0.3) is 0 Å². The first-order chi connectivity index (χ1) is 6.27. The monoisotopic (exact) mass is 183 g/mol. The minimum atomic E-state index is -0.579. The molecule has 0 amide bonds. The van der Waals surface area contributed by atoms with Crippen molar-refractivity contribution < 1.29 is 13.5 Å². The minimum Gasteiger partial charge on any atom is -0.481 e. The lowest BCUT2D eigenvalue weighted by Crippen LogP contribution is -2.00. The zero-order valence-corrected chi connectivity index (χ0v) is 6.71. The van der Waals surface area contributed by atoms with E-state index in [1.807, 2.05) is 0 Å². The average Bonchev–Trinajstić information content (AvgIpc) is 2.56. The fraction of sp³-hybridized carbons (Fsp3) is 0.222. The number of benzene rings is 1. The lowest BCUT2D eigenvalue weighted by molar-refractivity contribution is 0.327. The molecule has 0 aromatic heterocycles. The number of rotatable bonds is 1. The van der Waals surface area contributed by atoms with Crippen LogP contribution in [0.1, 0.15) is 11.6 Å². The van der Waals surface area contributed by atoms with E-state index >= 15 is 0 Å². The number of aliphatic imine (C=N–C) groups is 1. The number of nitrogens with zero attached hydrogens (tertiary/aromatic N) is 1. The Hall–Kier alpha value is -1.45. The molecule has 0 fully saturated rings. The van der Waals surface area contributed by atoms with Crippen molar-refractivity contribution in [3.8, 4) is 0 Å². The highest BCUT2D eigenvalue weighted by molar-refractivity contribution is 5.50. The molecule has 2 rings (SSSR count). The Bertz CT molecular complexity index is 351. The van der Waals surface area contributed by atoms with E-state index in [-0.39, 0.29) is 6.04 Å². The predicted molar refractivity (Wildman–Crippen MR) is 43.5 cm³/mol. The fourth-order valence-electron chi connectivity index (χ4n) is 1.24. The lowest BCUT2D eigenvalue weighted by Gasteiger charge is -2.06. The molecule has 0 saturated carbocycles. The van der Waals surface area contributed by atoms with Gasteiger partial charge in [-0.05, 0) is 6.07 Å². The molecule has 1 aliphatic rings. The smallest absolute Gasteiger partial charge is 0.170 e. The maximum Gasteiger partial charge on any atom is 0.170 e. The van der Waals surface area contributed by atoms with Crippen molar-refractivity contribution in [2.24, 2.45) is 4.99 Å². The van der Waals surface area contributed by atoms with Gasteiger partial charge in [0.05, 0.1) is 0 Å². The van der Waals surface area contributed by atoms with E-state index in [9.17, 15) is 8.78 Å². The summed E-state index contributed by atoms with van der Waals surface area (Å²) in [4.78, 5) is 3.89. The lowest BCUT2D eigenvalue weighted by atomic mass is 10.1. The quantitative estimate of drug-likeness (QED) is 0.653. The first-order valence-corrected chi connectivity index (χ1v) is 3.85. The van der Waals surface area contributed by atoms with Crippen LogP contribution in [0.3, 0.4) is 0 Å². The van der Waals surface area contributed by atoms with Crippen LogP contribution in [0.2, 0.25) is 0 Å². The molecule has 0 N–H and O–H groups in total. The maximum atomic E-state index is 13.1. The Morgan fingerprint density at radius 1 is 1.38 bits per heavy atom. The van der Waals surface area contributed by atoms with E-state index in [2.05, 4.69) is 4.99 Å². The van der Waals surface area contributed by atoms with Gasteiger partial charge in [-0.25, -0.2) is 13.8 Å². The molecule has 0 saturated heterocycles. The summed E-state index contributed by atoms with van der Waals surface area (Å²) in [5.41, 5.74) is 0.371. The number of hydrogen-bond acceptors (Lipinski definition) is 2. The number of ether oxygens (including phenoxy) is 1. The summed E-state index contributed by atoms with van der Waals surface area (Å²) in [5, 5.41) is 0. The zero-order valence-electron chi connectivity index (χ0n) is 6.71. The van der Waals surface area contributed by atoms with E-state index in [4.69, 9.17) is 4.74 Å². The molecule has 4 heteroatoms. The van der Waals surface area contributed by atoms with Gasteiger partial charge in [-0.1, -0.05) is 6.07 Å². The minimum absolute atomic E-state index is 0.322. The van der Waals surface area contributed by atoms with Gasteiger partial charge in [-0.2, -0.15) is 0 Å². The van der Waals surface area contributed by atoms with Crippen molar-refractivity contribution in [3.05, 3.63) is 35.4 Å². The van der Waals surface area contributed by atoms with Crippen LogP contribution in [-0.2, 0) is 4.74 Å². The van der Waals surface area contributed by atoms with E-state index in [0.29, 0.717) is 12.2 Å². The molecular weight excluding hydrogens is 176 g/mol. The Morgan fingerprint density at radius 2 is 2.23 bits per heavy atom. The molecular formula is C9H7F2NO. The van der Waals surface area contributed by atoms with Crippen molar-refractivity contribution in [2.75, 3.05) is 6.61 Å². The molecule has 1 aliphatic heterocycles. The number of hydrogen-bond donors (Lipinski definition) is 0. The molecule has 0 bridgehead atoms. The Balaban J connectivity index is 2.34. The summed E-state index contributed by atoms with van der Waals surface area (Å²) in [5.74, 6) is -1.16. The van der Waals surface area contributed by atoms with Crippen molar-refractivity contribution in [1.82, 2.24) is 0 Å². The normalized spacial score (nSPS) is 20.3. The summed E-state index contributed by atoms with van der Waals surface area (Å²) < 4.78 is 30.5. The SMILES string of the molecule is Fc1ccc(C2COC=N2)c(F)c1. The Morgan fingerprint density at radius 3 is 2.85 bits per heavy atom. The van der Waals surface area contributed by atoms with Crippen LogP contribution in [0.15, 0.2) is 23.2 Å². The topological polar surface area (TPSA) is 21.6 Å². The van der Waals surface area contributed by atoms with E-state index < -0.39 is 11.6 Å². The molecule has 1 aromatic rings. The van der Waals surface area contributed by atoms with E-state index in [0.717, 1.165) is 6.07 Å². The molecule has 1 unspecified atom stereocenters. The van der Waals surface area contributed by atoms with Gasteiger partial charge in [0, 0.05) is 11.6 Å². The Labute approximate surface area is 73.9 Å². The van der Waals surface area contributed by atoms with Gasteiger partial charge in [-0.15, -0.1) is 0 Å². The molecule has 0 radical (unpaired) electrons. The molecule has 1 atom stereocenters. The molecule has 68 valence electrons. The second kappa shape index (κ2) is 3.12. The second-order valence-corrected chi connectivity index (χ2v) is 2.77. The highest BCUT2D eigenvalue weighted by atomic mass is 19.1. The summed E-state index contributed by atoms with van der Waals surface area (Å²) in [6.07, 6.45) is 1.29. The van der Waals surface area contributed by atoms with Gasteiger partial charge in [0.25, 0.3) is 0 Å². The van der Waals surface area contributed by atoms with Crippen molar-refractivity contribution in [3.63, 3.8) is 0 Å². The molecule has 2 nitrogen and oxygen atoms in total. The zero-order chi connectivity index (χ0) is 9.26. The summed E-state index contributed by atoms with van der Waals surface area (Å²) in [6, 6.07) is 3.12. The highest BCUT2D eigenvalue weighted by Crippen LogP contribution is 2.23. The summed E-state index contributed by atoms with van der Waals surface area (Å²) in [7, 11) is 0. The maximum absolute atomic E-state index is 13.1. The summed E-state index contributed by atoms with van der Waals surface area (Å²) >= 11 is 0. The second-order valence-electron chi connectivity index (χ2n) is 2.77. The molecule has 0 aliphatic carbocycles. The van der Waals surface area contributed by atoms with Gasteiger partial charge in [0.1, 0.15) is 24.3 Å². The van der Waals surface area contributed by atoms with E-state index in [1.54, 1.807) is 0 Å². The van der Waals surface area contributed by atoms with Crippen molar-refractivity contribution in [2.45, 2.75) is 6.04 Å². The van der Waals surface area contributed by atoms with Crippen molar-refractivity contribution in [1.29, 1.82) is 0 Å². The summed E-state index contributed by atoms with van der Waals surface area (Å²) in [6.45, 7) is 0.322. The van der Waals surface area contributed by atoms with Gasteiger partial charge < -0.3 is 4.74 Å². The fourth-order valence-corrected chi connectivity index (χ4v) is 1.24. The third-order valence-corrected chi connectivity index (χ3v) is 1.89. The van der Waals surface area contributed by atoms with Gasteiger partial charge in [0.2, 0.25) is 0 Å². The van der Waals surface area contributed by atoms with Gasteiger partial charge in [0.15, 0.2) is 6.40 Å². The first kappa shape index (κ1) is 8.16. The largest absolute Gasteiger partial charge is 0.481 e. The number of halogens is 2. The van der Waals surface area contributed by atoms with Crippen LogP contribution in [0, 0.1) is 11.6 Å². The standard InChI is InChI=1S/C9H7F2NO/c10-6-1-2-7(8(11)3-6)9-4-13-5-12-9/h1-3,5,9H,4H2. The van der Waals surface area contributed by atoms with E-state index in [1.165, 1.54) is 18.5 Å². The van der Waals surface area contributed by atoms with Crippen molar-refractivity contribution >= 4 is 6.40 Å². The Kier molecular flexibility index (Phi) is 1.96. The average molecular weight is 183 g/mol. The third-order valence-electron chi connectivity index (χ3n) is 1.89. The highest BCUT2D eigenvalue weighted by Gasteiger charge is 2.18. The van der Waals surface area contributed by atoms with Crippen LogP contribution in [-0.4, -0.2) is 13.0 Å². The molecule has 0 spiro atoms. The molecule has 1 heterocycles. The van der Waals surface area contributed by atoms with Crippen LogP contribution in [0.5, 0.6) is 0 Å². The van der Waals surface area contributed by atoms with Crippen LogP contribution < -0.4 is 0 Å². The third kappa shape index (κ3) is 1.52. The molecule has 13 heavy (non-hydrogen) atoms. The van der Waals surface area contributed by atoms with Crippen LogP contribution in [0.4, 0.5) is 8.78 Å². The van der Waals surface area contributed by atoms with Gasteiger partial charge in [-0.3, -0.25) is 0 Å². The molecule has 1 aromatic carbocycles. The first-order valence-electron chi connectivity index (χ1n) is 3.85. The predicted octanol–water partition coefficient (Wildman–Crippen LogP) is 2.06. The van der Waals surface area contributed by atoms with Gasteiger partial charge >= 0.3 is 0 Å². The van der Waals surface area contributed by atoms with Crippen LogP contribution >= 0.6 is 0 Å².